The van der Waals surface area contributed by atoms with Gasteiger partial charge in [0.2, 0.25) is 10.0 Å². The normalized spacial score (nSPS) is 11.6. The number of rotatable bonds is 10. The molecule has 0 bridgehead atoms. The Labute approximate surface area is 183 Å². The van der Waals surface area contributed by atoms with E-state index in [1.807, 2.05) is 13.8 Å². The van der Waals surface area contributed by atoms with Crippen LogP contribution in [0.5, 0.6) is 11.5 Å². The topological polar surface area (TPSA) is 84.9 Å². The lowest BCUT2D eigenvalue weighted by Crippen LogP contribution is -2.30. The number of ether oxygens (including phenoxy) is 2. The van der Waals surface area contributed by atoms with E-state index in [1.165, 1.54) is 16.4 Å². The predicted molar refractivity (Wildman–Crippen MR) is 118 cm³/mol. The van der Waals surface area contributed by atoms with Gasteiger partial charge in [-0.1, -0.05) is 31.5 Å². The molecule has 1 N–H and O–H groups in total. The third-order valence-corrected chi connectivity index (χ3v) is 6.38. The molecule has 2 aromatic rings. The summed E-state index contributed by atoms with van der Waals surface area (Å²) in [5.74, 6) is 0.370. The smallest absolute Gasteiger partial charge is 0.262 e. The second-order valence-corrected chi connectivity index (χ2v) is 9.08. The van der Waals surface area contributed by atoms with Crippen molar-refractivity contribution >= 4 is 33.2 Å². The van der Waals surface area contributed by atoms with Crippen LogP contribution >= 0.6 is 11.6 Å². The van der Waals surface area contributed by atoms with Crippen LogP contribution in [0.3, 0.4) is 0 Å². The van der Waals surface area contributed by atoms with Gasteiger partial charge in [0.25, 0.3) is 5.91 Å². The number of carbonyl (C=O) groups is 1. The van der Waals surface area contributed by atoms with Crippen LogP contribution in [-0.4, -0.2) is 44.4 Å². The maximum absolute atomic E-state index is 12.8. The summed E-state index contributed by atoms with van der Waals surface area (Å²) >= 11 is 5.91. The fourth-order valence-corrected chi connectivity index (χ4v) is 4.39. The number of carbonyl (C=O) groups excluding carboxylic acids is 1. The number of anilines is 1. The maximum Gasteiger partial charge on any atom is 0.262 e. The van der Waals surface area contributed by atoms with Crippen molar-refractivity contribution in [1.82, 2.24) is 4.31 Å². The summed E-state index contributed by atoms with van der Waals surface area (Å²) in [5, 5.41) is 3.18. The van der Waals surface area contributed by atoms with Crippen molar-refractivity contribution in [2.75, 3.05) is 25.0 Å². The molecule has 0 aliphatic heterocycles. The summed E-state index contributed by atoms with van der Waals surface area (Å²) in [7, 11) is -3.68. The van der Waals surface area contributed by atoms with Crippen molar-refractivity contribution in [1.29, 1.82) is 0 Å². The highest BCUT2D eigenvalue weighted by Gasteiger charge is 2.23. The Bertz CT molecular complexity index is 975. The molecule has 0 saturated heterocycles. The van der Waals surface area contributed by atoms with Crippen LogP contribution in [0.1, 0.15) is 27.7 Å². The van der Waals surface area contributed by atoms with Gasteiger partial charge < -0.3 is 14.8 Å². The van der Waals surface area contributed by atoms with Crippen molar-refractivity contribution in [3.05, 3.63) is 47.5 Å². The number of nitrogens with one attached hydrogen (secondary N) is 1. The first-order valence-corrected chi connectivity index (χ1v) is 11.5. The van der Waals surface area contributed by atoms with Crippen LogP contribution in [0, 0.1) is 0 Å². The Morgan fingerprint density at radius 1 is 1.13 bits per heavy atom. The minimum absolute atomic E-state index is 0.0772. The lowest BCUT2D eigenvalue weighted by atomic mass is 10.3. The molecule has 0 aliphatic carbocycles. The van der Waals surface area contributed by atoms with Crippen molar-refractivity contribution < 1.29 is 22.7 Å². The number of benzene rings is 2. The van der Waals surface area contributed by atoms with Crippen molar-refractivity contribution in [2.45, 2.75) is 38.7 Å². The van der Waals surface area contributed by atoms with E-state index in [2.05, 4.69) is 5.32 Å². The molecular formula is C21H27ClN2O5S. The van der Waals surface area contributed by atoms with Gasteiger partial charge in [-0.3, -0.25) is 4.79 Å². The summed E-state index contributed by atoms with van der Waals surface area (Å²) < 4.78 is 38.2. The number of amides is 1. The van der Waals surface area contributed by atoms with Gasteiger partial charge in [0, 0.05) is 18.1 Å². The Morgan fingerprint density at radius 2 is 1.83 bits per heavy atom. The van der Waals surface area contributed by atoms with E-state index in [4.69, 9.17) is 21.1 Å². The van der Waals surface area contributed by atoms with Crippen LogP contribution in [-0.2, 0) is 14.8 Å². The van der Waals surface area contributed by atoms with Crippen LogP contribution < -0.4 is 14.8 Å². The Balaban J connectivity index is 2.25. The van der Waals surface area contributed by atoms with Gasteiger partial charge in [0.05, 0.1) is 16.7 Å². The molecule has 0 atom stereocenters. The minimum Gasteiger partial charge on any atom is -0.489 e. The SMILES string of the molecule is CCN(CC)S(=O)(=O)c1ccc(OC(C)C)c(NC(=O)COc2cccc(Cl)c2)c1. The van der Waals surface area contributed by atoms with E-state index in [0.717, 1.165) is 0 Å². The molecular weight excluding hydrogens is 428 g/mol. The number of hydrogen-bond donors (Lipinski definition) is 1. The maximum atomic E-state index is 12.8. The summed E-state index contributed by atoms with van der Waals surface area (Å²) in [6, 6.07) is 11.1. The van der Waals surface area contributed by atoms with E-state index in [1.54, 1.807) is 44.2 Å². The first kappa shape index (κ1) is 24.0. The molecule has 1 amide bonds. The molecule has 0 radical (unpaired) electrons. The lowest BCUT2D eigenvalue weighted by Gasteiger charge is -2.20. The molecule has 164 valence electrons. The largest absolute Gasteiger partial charge is 0.489 e. The van der Waals surface area contributed by atoms with Crippen LogP contribution in [0.15, 0.2) is 47.4 Å². The molecule has 0 aliphatic rings. The molecule has 2 rings (SSSR count). The highest BCUT2D eigenvalue weighted by Crippen LogP contribution is 2.30. The van der Waals surface area contributed by atoms with Gasteiger partial charge in [-0.2, -0.15) is 4.31 Å². The van der Waals surface area contributed by atoms with Crippen molar-refractivity contribution in [2.24, 2.45) is 0 Å². The third-order valence-electron chi connectivity index (χ3n) is 4.10. The molecule has 0 unspecified atom stereocenters. The molecule has 7 nitrogen and oxygen atoms in total. The molecule has 0 spiro atoms. The summed E-state index contributed by atoms with van der Waals surface area (Å²) in [6.07, 6.45) is -0.159. The molecule has 2 aromatic carbocycles. The van der Waals surface area contributed by atoms with Crippen molar-refractivity contribution in [3.8, 4) is 11.5 Å². The highest BCUT2D eigenvalue weighted by molar-refractivity contribution is 7.89. The van der Waals surface area contributed by atoms with E-state index in [0.29, 0.717) is 29.6 Å². The first-order valence-electron chi connectivity index (χ1n) is 9.66. The van der Waals surface area contributed by atoms with E-state index in [9.17, 15) is 13.2 Å². The monoisotopic (exact) mass is 454 g/mol. The standard InChI is InChI=1S/C21H27ClN2O5S/c1-5-24(6-2)30(26,27)18-10-11-20(29-15(3)4)19(13-18)23-21(25)14-28-17-9-7-8-16(22)12-17/h7-13,15H,5-6,14H2,1-4H3,(H,23,25). The number of sulfonamides is 1. The molecule has 9 heteroatoms. The molecule has 0 fully saturated rings. The lowest BCUT2D eigenvalue weighted by molar-refractivity contribution is -0.118. The predicted octanol–water partition coefficient (Wildman–Crippen LogP) is 4.18. The zero-order valence-corrected chi connectivity index (χ0v) is 19.1. The molecule has 0 heterocycles. The molecule has 30 heavy (non-hydrogen) atoms. The van der Waals surface area contributed by atoms with Gasteiger partial charge in [-0.15, -0.1) is 0 Å². The summed E-state index contributed by atoms with van der Waals surface area (Å²) in [5.41, 5.74) is 0.261. The summed E-state index contributed by atoms with van der Waals surface area (Å²) in [6.45, 7) is 7.65. The Kier molecular flexibility index (Phi) is 8.52. The zero-order chi connectivity index (χ0) is 22.3. The average Bonchev–Trinajstić information content (AvgIpc) is 2.68. The van der Waals surface area contributed by atoms with Gasteiger partial charge >= 0.3 is 0 Å². The fraction of sp³-hybridized carbons (Fsp3) is 0.381. The third kappa shape index (κ3) is 6.35. The number of hydrogen-bond acceptors (Lipinski definition) is 5. The molecule has 0 aromatic heterocycles. The van der Waals surface area contributed by atoms with E-state index >= 15 is 0 Å². The van der Waals surface area contributed by atoms with Gasteiger partial charge in [-0.05, 0) is 50.2 Å². The van der Waals surface area contributed by atoms with Crippen LogP contribution in [0.4, 0.5) is 5.69 Å². The average molecular weight is 455 g/mol. The van der Waals surface area contributed by atoms with Gasteiger partial charge in [-0.25, -0.2) is 8.42 Å². The first-order chi connectivity index (χ1) is 14.2. The highest BCUT2D eigenvalue weighted by atomic mass is 35.5. The summed E-state index contributed by atoms with van der Waals surface area (Å²) in [4.78, 5) is 12.5. The van der Waals surface area contributed by atoms with Gasteiger partial charge in [0.1, 0.15) is 11.5 Å². The second-order valence-electron chi connectivity index (χ2n) is 6.71. The van der Waals surface area contributed by atoms with Gasteiger partial charge in [0.15, 0.2) is 6.61 Å². The number of nitrogens with zero attached hydrogens (tertiary/aromatic N) is 1. The Hall–Kier alpha value is -2.29. The second kappa shape index (κ2) is 10.7. The van der Waals surface area contributed by atoms with Crippen molar-refractivity contribution in [3.63, 3.8) is 0 Å². The van der Waals surface area contributed by atoms with Crippen LogP contribution in [0.25, 0.3) is 0 Å². The molecule has 0 saturated carbocycles. The minimum atomic E-state index is -3.68. The fourth-order valence-electron chi connectivity index (χ4n) is 2.73. The Morgan fingerprint density at radius 3 is 2.43 bits per heavy atom. The van der Waals surface area contributed by atoms with Crippen LogP contribution in [0.2, 0.25) is 5.02 Å². The van der Waals surface area contributed by atoms with E-state index in [-0.39, 0.29) is 23.3 Å². The van der Waals surface area contributed by atoms with E-state index < -0.39 is 15.9 Å². The quantitative estimate of drug-likeness (QED) is 0.582. The zero-order valence-electron chi connectivity index (χ0n) is 17.5. The number of halogens is 1.